The molecule has 5 heteroatoms. The molecule has 0 aliphatic rings. The summed E-state index contributed by atoms with van der Waals surface area (Å²) in [6.07, 6.45) is 3.74. The maximum absolute atomic E-state index is 10.9. The SMILES string of the molecule is CCC(C)N(C)Cc1ncncc1C(=O)O. The Bertz CT molecular complexity index is 368. The van der Waals surface area contributed by atoms with Gasteiger partial charge in [-0.15, -0.1) is 0 Å². The third-order valence-electron chi connectivity index (χ3n) is 2.77. The molecule has 1 heterocycles. The van der Waals surface area contributed by atoms with Gasteiger partial charge < -0.3 is 5.11 Å². The average molecular weight is 223 g/mol. The Balaban J connectivity index is 2.84. The molecule has 5 nitrogen and oxygen atoms in total. The monoisotopic (exact) mass is 223 g/mol. The molecule has 0 aliphatic carbocycles. The van der Waals surface area contributed by atoms with Gasteiger partial charge in [0.05, 0.1) is 5.69 Å². The second kappa shape index (κ2) is 5.55. The summed E-state index contributed by atoms with van der Waals surface area (Å²) in [4.78, 5) is 20.8. The number of aromatic carboxylic acids is 1. The molecular weight excluding hydrogens is 206 g/mol. The number of carboxylic acids is 1. The van der Waals surface area contributed by atoms with Crippen molar-refractivity contribution in [1.82, 2.24) is 14.9 Å². The van der Waals surface area contributed by atoms with Crippen LogP contribution >= 0.6 is 0 Å². The maximum atomic E-state index is 10.9. The zero-order valence-corrected chi connectivity index (χ0v) is 9.84. The van der Waals surface area contributed by atoms with Crippen LogP contribution in [-0.4, -0.2) is 39.0 Å². The predicted octanol–water partition coefficient (Wildman–Crippen LogP) is 1.41. The van der Waals surface area contributed by atoms with Crippen LogP contribution in [0.4, 0.5) is 0 Å². The minimum Gasteiger partial charge on any atom is -0.478 e. The first-order valence-corrected chi connectivity index (χ1v) is 5.28. The van der Waals surface area contributed by atoms with Gasteiger partial charge in [-0.25, -0.2) is 14.8 Å². The zero-order valence-electron chi connectivity index (χ0n) is 9.84. The van der Waals surface area contributed by atoms with Gasteiger partial charge in [-0.3, -0.25) is 4.90 Å². The highest BCUT2D eigenvalue weighted by Crippen LogP contribution is 2.09. The predicted molar refractivity (Wildman–Crippen MR) is 60.2 cm³/mol. The molecule has 0 bridgehead atoms. The van der Waals surface area contributed by atoms with Gasteiger partial charge in [0.1, 0.15) is 11.9 Å². The second-order valence-corrected chi connectivity index (χ2v) is 3.86. The lowest BCUT2D eigenvalue weighted by molar-refractivity contribution is 0.0693. The quantitative estimate of drug-likeness (QED) is 0.817. The van der Waals surface area contributed by atoms with Gasteiger partial charge in [-0.2, -0.15) is 0 Å². The lowest BCUT2D eigenvalue weighted by atomic mass is 10.2. The first kappa shape index (κ1) is 12.6. The van der Waals surface area contributed by atoms with E-state index in [0.29, 0.717) is 18.3 Å². The standard InChI is InChI=1S/C11H17N3O2/c1-4-8(2)14(3)6-10-9(11(15)16)5-12-7-13-10/h5,7-8H,4,6H2,1-3H3,(H,15,16). The smallest absolute Gasteiger partial charge is 0.339 e. The summed E-state index contributed by atoms with van der Waals surface area (Å²) < 4.78 is 0. The van der Waals surface area contributed by atoms with E-state index in [1.165, 1.54) is 12.5 Å². The van der Waals surface area contributed by atoms with Gasteiger partial charge >= 0.3 is 5.97 Å². The summed E-state index contributed by atoms with van der Waals surface area (Å²) in [5.41, 5.74) is 0.739. The molecule has 0 radical (unpaired) electrons. The first-order valence-electron chi connectivity index (χ1n) is 5.28. The van der Waals surface area contributed by atoms with E-state index < -0.39 is 5.97 Å². The molecule has 1 rings (SSSR count). The van der Waals surface area contributed by atoms with Crippen LogP contribution in [0, 0.1) is 0 Å². The molecule has 88 valence electrons. The molecule has 0 saturated heterocycles. The number of carbonyl (C=O) groups is 1. The van der Waals surface area contributed by atoms with E-state index >= 15 is 0 Å². The maximum Gasteiger partial charge on any atom is 0.339 e. The summed E-state index contributed by atoms with van der Waals surface area (Å²) in [7, 11) is 1.96. The van der Waals surface area contributed by atoms with Crippen molar-refractivity contribution in [1.29, 1.82) is 0 Å². The summed E-state index contributed by atoms with van der Waals surface area (Å²) in [6, 6.07) is 0.400. The molecule has 0 saturated carbocycles. The van der Waals surface area contributed by atoms with Crippen molar-refractivity contribution in [2.75, 3.05) is 7.05 Å². The van der Waals surface area contributed by atoms with Crippen LogP contribution in [0.15, 0.2) is 12.5 Å². The fourth-order valence-electron chi connectivity index (χ4n) is 1.36. The van der Waals surface area contributed by atoms with Crippen LogP contribution in [0.1, 0.15) is 36.3 Å². The molecule has 1 aromatic rings. The van der Waals surface area contributed by atoms with Crippen molar-refractivity contribution in [3.63, 3.8) is 0 Å². The molecule has 0 aromatic carbocycles. The van der Waals surface area contributed by atoms with Crippen molar-refractivity contribution in [2.24, 2.45) is 0 Å². The number of nitrogens with zero attached hydrogens (tertiary/aromatic N) is 3. The Kier molecular flexibility index (Phi) is 4.37. The van der Waals surface area contributed by atoms with Gasteiger partial charge in [0.2, 0.25) is 0 Å². The Morgan fingerprint density at radius 2 is 2.31 bits per heavy atom. The fourth-order valence-corrected chi connectivity index (χ4v) is 1.36. The number of hydrogen-bond acceptors (Lipinski definition) is 4. The molecule has 0 fully saturated rings. The third kappa shape index (κ3) is 3.00. The Morgan fingerprint density at radius 3 is 2.88 bits per heavy atom. The van der Waals surface area contributed by atoms with Crippen molar-refractivity contribution < 1.29 is 9.90 Å². The van der Waals surface area contributed by atoms with E-state index in [1.54, 1.807) is 0 Å². The molecule has 1 atom stereocenters. The summed E-state index contributed by atoms with van der Waals surface area (Å²) in [5, 5.41) is 8.98. The molecular formula is C11H17N3O2. The average Bonchev–Trinajstić information content (AvgIpc) is 2.28. The van der Waals surface area contributed by atoms with Crippen molar-refractivity contribution in [2.45, 2.75) is 32.9 Å². The topological polar surface area (TPSA) is 66.3 Å². The number of carboxylic acid groups (broad SMARTS) is 1. The normalized spacial score (nSPS) is 12.8. The van der Waals surface area contributed by atoms with Crippen molar-refractivity contribution >= 4 is 5.97 Å². The Labute approximate surface area is 95.1 Å². The zero-order chi connectivity index (χ0) is 12.1. The van der Waals surface area contributed by atoms with Gasteiger partial charge in [-0.1, -0.05) is 6.92 Å². The Morgan fingerprint density at radius 1 is 1.62 bits per heavy atom. The molecule has 0 aliphatic heterocycles. The van der Waals surface area contributed by atoms with Gasteiger partial charge in [0.25, 0.3) is 0 Å². The Hall–Kier alpha value is -1.49. The van der Waals surface area contributed by atoms with Crippen LogP contribution in [-0.2, 0) is 6.54 Å². The molecule has 16 heavy (non-hydrogen) atoms. The van der Waals surface area contributed by atoms with E-state index in [1.807, 2.05) is 7.05 Å². The highest BCUT2D eigenvalue weighted by molar-refractivity contribution is 5.88. The van der Waals surface area contributed by atoms with E-state index in [0.717, 1.165) is 6.42 Å². The fraction of sp³-hybridized carbons (Fsp3) is 0.545. The van der Waals surface area contributed by atoms with E-state index in [4.69, 9.17) is 5.11 Å². The molecule has 1 aromatic heterocycles. The van der Waals surface area contributed by atoms with Crippen molar-refractivity contribution in [3.05, 3.63) is 23.8 Å². The minimum atomic E-state index is -0.979. The molecule has 1 unspecified atom stereocenters. The van der Waals surface area contributed by atoms with Crippen LogP contribution in [0.3, 0.4) is 0 Å². The molecule has 0 amide bonds. The lowest BCUT2D eigenvalue weighted by Crippen LogP contribution is -2.29. The molecule has 0 spiro atoms. The third-order valence-corrected chi connectivity index (χ3v) is 2.77. The minimum absolute atomic E-state index is 0.178. The van der Waals surface area contributed by atoms with E-state index in [-0.39, 0.29) is 5.56 Å². The van der Waals surface area contributed by atoms with Crippen LogP contribution < -0.4 is 0 Å². The number of rotatable bonds is 5. The number of aromatic nitrogens is 2. The summed E-state index contributed by atoms with van der Waals surface area (Å²) in [6.45, 7) is 4.72. The summed E-state index contributed by atoms with van der Waals surface area (Å²) >= 11 is 0. The van der Waals surface area contributed by atoms with E-state index in [2.05, 4.69) is 28.7 Å². The highest BCUT2D eigenvalue weighted by atomic mass is 16.4. The van der Waals surface area contributed by atoms with Crippen LogP contribution in [0.5, 0.6) is 0 Å². The van der Waals surface area contributed by atoms with Gasteiger partial charge in [0, 0.05) is 18.8 Å². The first-order chi connectivity index (χ1) is 7.56. The van der Waals surface area contributed by atoms with Crippen LogP contribution in [0.2, 0.25) is 0 Å². The second-order valence-electron chi connectivity index (χ2n) is 3.86. The summed E-state index contributed by atoms with van der Waals surface area (Å²) in [5.74, 6) is -0.979. The largest absolute Gasteiger partial charge is 0.478 e. The van der Waals surface area contributed by atoms with Gasteiger partial charge in [0.15, 0.2) is 0 Å². The highest BCUT2D eigenvalue weighted by Gasteiger charge is 2.15. The number of hydrogen-bond donors (Lipinski definition) is 1. The van der Waals surface area contributed by atoms with E-state index in [9.17, 15) is 4.79 Å². The van der Waals surface area contributed by atoms with Gasteiger partial charge in [-0.05, 0) is 20.4 Å². The lowest BCUT2D eigenvalue weighted by Gasteiger charge is -2.23. The van der Waals surface area contributed by atoms with Crippen molar-refractivity contribution in [3.8, 4) is 0 Å². The molecule has 1 N–H and O–H groups in total. The van der Waals surface area contributed by atoms with Crippen LogP contribution in [0.25, 0.3) is 0 Å².